The molecule has 26 heavy (non-hydrogen) atoms. The van der Waals surface area contributed by atoms with Crippen LogP contribution in [0.5, 0.6) is 0 Å². The molecule has 0 aromatic heterocycles. The quantitative estimate of drug-likeness (QED) is 0.526. The van der Waals surface area contributed by atoms with Gasteiger partial charge in [-0.15, -0.1) is 0 Å². The Morgan fingerprint density at radius 2 is 1.65 bits per heavy atom. The van der Waals surface area contributed by atoms with Crippen molar-refractivity contribution < 1.29 is 23.9 Å². The van der Waals surface area contributed by atoms with Crippen molar-refractivity contribution in [3.05, 3.63) is 0 Å². The van der Waals surface area contributed by atoms with Crippen molar-refractivity contribution in [3.63, 3.8) is 0 Å². The molecule has 0 spiro atoms. The van der Waals surface area contributed by atoms with E-state index in [1.165, 1.54) is 0 Å². The average Bonchev–Trinajstić information content (AvgIpc) is 2.53. The molecule has 3 atom stereocenters. The van der Waals surface area contributed by atoms with E-state index in [4.69, 9.17) is 9.47 Å². The molecule has 5 heteroatoms. The van der Waals surface area contributed by atoms with Gasteiger partial charge in [-0.05, 0) is 56.3 Å². The topological polar surface area (TPSA) is 69.7 Å². The number of fused-ring (bicyclic) bond motifs is 1. The summed E-state index contributed by atoms with van der Waals surface area (Å²) >= 11 is 0. The second-order valence-electron chi connectivity index (χ2n) is 8.75. The lowest BCUT2D eigenvalue weighted by Crippen LogP contribution is -2.53. The minimum atomic E-state index is -1.01. The number of Topliss-reactive ketones (excluding diaryl/α,β-unsaturated/α-hetero) is 1. The van der Waals surface area contributed by atoms with Gasteiger partial charge >= 0.3 is 11.9 Å². The van der Waals surface area contributed by atoms with Gasteiger partial charge in [-0.2, -0.15) is 0 Å². The lowest BCUT2D eigenvalue weighted by atomic mass is 9.47. The average molecular weight is 366 g/mol. The molecule has 0 heterocycles. The molecule has 0 bridgehead atoms. The molecular formula is C21H34O5. The number of esters is 2. The van der Waals surface area contributed by atoms with Gasteiger partial charge in [-0.25, -0.2) is 0 Å². The Labute approximate surface area is 157 Å². The van der Waals surface area contributed by atoms with E-state index in [-0.39, 0.29) is 42.2 Å². The van der Waals surface area contributed by atoms with Crippen LogP contribution >= 0.6 is 0 Å². The largest absolute Gasteiger partial charge is 0.465 e. The van der Waals surface area contributed by atoms with Crippen molar-refractivity contribution in [2.24, 2.45) is 28.6 Å². The molecule has 0 amide bonds. The van der Waals surface area contributed by atoms with E-state index in [0.29, 0.717) is 12.3 Å². The third-order valence-electron chi connectivity index (χ3n) is 6.75. The molecule has 0 radical (unpaired) electrons. The van der Waals surface area contributed by atoms with Crippen molar-refractivity contribution in [2.75, 3.05) is 13.2 Å². The van der Waals surface area contributed by atoms with E-state index >= 15 is 0 Å². The molecule has 2 saturated carbocycles. The molecule has 0 saturated heterocycles. The van der Waals surface area contributed by atoms with Crippen LogP contribution in [0, 0.1) is 28.6 Å². The van der Waals surface area contributed by atoms with Crippen molar-refractivity contribution in [3.8, 4) is 0 Å². The Morgan fingerprint density at radius 3 is 2.19 bits per heavy atom. The first-order valence-corrected chi connectivity index (χ1v) is 10.0. The van der Waals surface area contributed by atoms with Crippen molar-refractivity contribution in [2.45, 2.75) is 73.1 Å². The van der Waals surface area contributed by atoms with Crippen LogP contribution in [0.4, 0.5) is 0 Å². The fourth-order valence-corrected chi connectivity index (χ4v) is 5.54. The lowest BCUT2D eigenvalue weighted by molar-refractivity contribution is -0.165. The number of carbonyl (C=O) groups excluding carboxylic acids is 3. The zero-order valence-corrected chi connectivity index (χ0v) is 16.9. The summed E-state index contributed by atoms with van der Waals surface area (Å²) in [5.41, 5.74) is 0.00360. The highest BCUT2D eigenvalue weighted by Crippen LogP contribution is 2.60. The van der Waals surface area contributed by atoms with Gasteiger partial charge in [0.1, 0.15) is 5.78 Å². The van der Waals surface area contributed by atoms with Crippen LogP contribution in [0.25, 0.3) is 0 Å². The van der Waals surface area contributed by atoms with Gasteiger partial charge in [-0.1, -0.05) is 27.2 Å². The first-order valence-electron chi connectivity index (χ1n) is 10.0. The normalized spacial score (nSPS) is 30.6. The number of hydrogen-bond donors (Lipinski definition) is 0. The van der Waals surface area contributed by atoms with Crippen LogP contribution in [0.3, 0.4) is 0 Å². The van der Waals surface area contributed by atoms with E-state index < -0.39 is 17.9 Å². The molecule has 0 N–H and O–H groups in total. The Bertz CT molecular complexity index is 535. The second kappa shape index (κ2) is 8.10. The number of ketones is 1. The summed E-state index contributed by atoms with van der Waals surface area (Å²) in [5, 5.41) is 0. The van der Waals surface area contributed by atoms with Gasteiger partial charge in [0.2, 0.25) is 0 Å². The van der Waals surface area contributed by atoms with Crippen molar-refractivity contribution >= 4 is 17.7 Å². The monoisotopic (exact) mass is 366 g/mol. The highest BCUT2D eigenvalue weighted by molar-refractivity contribution is 5.96. The Morgan fingerprint density at radius 1 is 1.08 bits per heavy atom. The van der Waals surface area contributed by atoms with E-state index in [1.54, 1.807) is 13.8 Å². The van der Waals surface area contributed by atoms with Crippen LogP contribution in [0.1, 0.15) is 73.1 Å². The maximum absolute atomic E-state index is 12.9. The molecule has 0 aromatic rings. The zero-order valence-electron chi connectivity index (χ0n) is 16.9. The van der Waals surface area contributed by atoms with Gasteiger partial charge in [-0.3, -0.25) is 14.4 Å². The Balaban J connectivity index is 2.31. The van der Waals surface area contributed by atoms with Crippen LogP contribution in [-0.4, -0.2) is 30.9 Å². The summed E-state index contributed by atoms with van der Waals surface area (Å²) < 4.78 is 10.2. The summed E-state index contributed by atoms with van der Waals surface area (Å²) in [7, 11) is 0. The number of ether oxygens (including phenoxy) is 2. The summed E-state index contributed by atoms with van der Waals surface area (Å²) in [5.74, 6) is -1.83. The minimum absolute atomic E-state index is 0.172. The number of rotatable bonds is 6. The van der Waals surface area contributed by atoms with E-state index in [0.717, 1.165) is 25.7 Å². The SMILES string of the molecule is CCOC(=O)C(C[C@H]1C(=O)CC[C@H]2C(C)(C)CCC[C@]12C)C(=O)OCC. The van der Waals surface area contributed by atoms with Crippen LogP contribution in [0.15, 0.2) is 0 Å². The predicted octanol–water partition coefficient (Wildman–Crippen LogP) is 3.93. The van der Waals surface area contributed by atoms with Crippen molar-refractivity contribution in [1.82, 2.24) is 0 Å². The van der Waals surface area contributed by atoms with Gasteiger partial charge in [0.15, 0.2) is 5.92 Å². The van der Waals surface area contributed by atoms with E-state index in [9.17, 15) is 14.4 Å². The second-order valence-corrected chi connectivity index (χ2v) is 8.75. The molecular weight excluding hydrogens is 332 g/mol. The maximum atomic E-state index is 12.9. The molecule has 0 unspecified atom stereocenters. The van der Waals surface area contributed by atoms with E-state index in [2.05, 4.69) is 20.8 Å². The third kappa shape index (κ3) is 3.96. The van der Waals surface area contributed by atoms with Crippen LogP contribution in [-0.2, 0) is 23.9 Å². The number of carbonyl (C=O) groups is 3. The van der Waals surface area contributed by atoms with Crippen LogP contribution < -0.4 is 0 Å². The first kappa shape index (κ1) is 20.9. The summed E-state index contributed by atoms with van der Waals surface area (Å²) in [6.45, 7) is 10.6. The molecule has 2 aliphatic rings. The molecule has 0 aliphatic heterocycles. The fraction of sp³-hybridized carbons (Fsp3) is 0.857. The highest BCUT2D eigenvalue weighted by Gasteiger charge is 2.55. The Kier molecular flexibility index (Phi) is 6.51. The molecule has 148 valence electrons. The fourth-order valence-electron chi connectivity index (χ4n) is 5.54. The smallest absolute Gasteiger partial charge is 0.320 e. The summed E-state index contributed by atoms with van der Waals surface area (Å²) in [6.07, 6.45) is 4.85. The molecule has 2 fully saturated rings. The summed E-state index contributed by atoms with van der Waals surface area (Å²) in [4.78, 5) is 37.7. The molecule has 2 rings (SSSR count). The highest BCUT2D eigenvalue weighted by atomic mass is 16.6. The van der Waals surface area contributed by atoms with Gasteiger partial charge < -0.3 is 9.47 Å². The van der Waals surface area contributed by atoms with Crippen molar-refractivity contribution in [1.29, 1.82) is 0 Å². The lowest BCUT2D eigenvalue weighted by Gasteiger charge is -2.56. The van der Waals surface area contributed by atoms with Gasteiger partial charge in [0, 0.05) is 12.3 Å². The Hall–Kier alpha value is -1.39. The zero-order chi connectivity index (χ0) is 19.5. The molecule has 5 nitrogen and oxygen atoms in total. The van der Waals surface area contributed by atoms with Crippen LogP contribution in [0.2, 0.25) is 0 Å². The molecule has 2 aliphatic carbocycles. The molecule has 0 aromatic carbocycles. The first-order chi connectivity index (χ1) is 12.2. The van der Waals surface area contributed by atoms with Gasteiger partial charge in [0.05, 0.1) is 13.2 Å². The summed E-state index contributed by atoms with van der Waals surface area (Å²) in [6, 6.07) is 0. The van der Waals surface area contributed by atoms with Gasteiger partial charge in [0.25, 0.3) is 0 Å². The van der Waals surface area contributed by atoms with E-state index in [1.807, 2.05) is 0 Å². The minimum Gasteiger partial charge on any atom is -0.465 e. The standard InChI is InChI=1S/C21H34O5/c1-6-25-18(23)14(19(24)26-7-2)13-15-16(22)9-10-17-20(3,4)11-8-12-21(15,17)5/h14-15,17H,6-13H2,1-5H3/t15-,17-,21+/m0/s1. The third-order valence-corrected chi connectivity index (χ3v) is 6.75. The maximum Gasteiger partial charge on any atom is 0.320 e. The predicted molar refractivity (Wildman–Crippen MR) is 98.3 cm³/mol. The number of hydrogen-bond acceptors (Lipinski definition) is 5.